The Bertz CT molecular complexity index is 292. The highest BCUT2D eigenvalue weighted by molar-refractivity contribution is 7.80. The number of ether oxygens (including phenoxy) is 1. The largest absolute Gasteiger partial charge is 0.485 e. The van der Waals surface area contributed by atoms with Crippen molar-refractivity contribution in [3.63, 3.8) is 0 Å². The lowest BCUT2D eigenvalue weighted by molar-refractivity contribution is 0.376. The van der Waals surface area contributed by atoms with E-state index in [1.54, 1.807) is 12.3 Å². The van der Waals surface area contributed by atoms with Gasteiger partial charge in [-0.2, -0.15) is 0 Å². The molecule has 1 heterocycles. The van der Waals surface area contributed by atoms with Crippen molar-refractivity contribution in [2.75, 3.05) is 6.61 Å². The lowest BCUT2D eigenvalue weighted by atomic mass is 10.4. The Morgan fingerprint density at radius 2 is 2.42 bits per heavy atom. The Labute approximate surface area is 80.5 Å². The van der Waals surface area contributed by atoms with Crippen LogP contribution in [0.2, 0.25) is 5.02 Å². The van der Waals surface area contributed by atoms with Crippen LogP contribution in [0.3, 0.4) is 0 Å². The van der Waals surface area contributed by atoms with Crippen molar-refractivity contribution in [2.45, 2.75) is 0 Å². The molecule has 0 amide bonds. The standard InChI is InChI=1S/C7H7ClN2OS/c8-5-1-6(3-10-2-5)11-4-7(9)12/h1-3H,4H2,(H2,9,12). The van der Waals surface area contributed by atoms with Crippen LogP contribution < -0.4 is 10.5 Å². The first kappa shape index (κ1) is 9.22. The summed E-state index contributed by atoms with van der Waals surface area (Å²) in [6.07, 6.45) is 3.07. The molecule has 64 valence electrons. The average Bonchev–Trinajstić information content (AvgIpc) is 2.01. The second-order valence-electron chi connectivity index (χ2n) is 2.09. The molecule has 0 saturated heterocycles. The SMILES string of the molecule is NC(=S)COc1cncc(Cl)c1. The van der Waals surface area contributed by atoms with Crippen molar-refractivity contribution in [1.29, 1.82) is 0 Å². The van der Waals surface area contributed by atoms with E-state index in [4.69, 9.17) is 22.1 Å². The van der Waals surface area contributed by atoms with Gasteiger partial charge in [0.25, 0.3) is 0 Å². The molecule has 0 fully saturated rings. The fraction of sp³-hybridized carbons (Fsp3) is 0.143. The fourth-order valence-corrected chi connectivity index (χ4v) is 0.849. The molecule has 0 bridgehead atoms. The third-order valence-electron chi connectivity index (χ3n) is 1.06. The third-order valence-corrected chi connectivity index (χ3v) is 1.39. The number of thiocarbonyl (C=S) groups is 1. The zero-order valence-electron chi connectivity index (χ0n) is 6.16. The summed E-state index contributed by atoms with van der Waals surface area (Å²) in [5.41, 5.74) is 5.23. The average molecular weight is 203 g/mol. The van der Waals surface area contributed by atoms with E-state index in [0.29, 0.717) is 15.8 Å². The monoisotopic (exact) mass is 202 g/mol. The van der Waals surface area contributed by atoms with E-state index in [9.17, 15) is 0 Å². The van der Waals surface area contributed by atoms with Crippen molar-refractivity contribution in [2.24, 2.45) is 5.73 Å². The molecule has 0 spiro atoms. The number of nitrogens with zero attached hydrogens (tertiary/aromatic N) is 1. The molecule has 0 aliphatic heterocycles. The Morgan fingerprint density at radius 3 is 3.00 bits per heavy atom. The van der Waals surface area contributed by atoms with Crippen LogP contribution in [-0.2, 0) is 0 Å². The van der Waals surface area contributed by atoms with Crippen molar-refractivity contribution in [3.05, 3.63) is 23.5 Å². The summed E-state index contributed by atoms with van der Waals surface area (Å²) in [5.74, 6) is 0.565. The van der Waals surface area contributed by atoms with Crippen LogP contribution >= 0.6 is 23.8 Å². The van der Waals surface area contributed by atoms with Crippen LogP contribution in [-0.4, -0.2) is 16.6 Å². The predicted octanol–water partition coefficient (Wildman–Crippen LogP) is 1.40. The van der Waals surface area contributed by atoms with E-state index in [1.165, 1.54) is 6.20 Å². The molecule has 12 heavy (non-hydrogen) atoms. The second-order valence-corrected chi connectivity index (χ2v) is 3.05. The first-order valence-electron chi connectivity index (χ1n) is 3.20. The maximum Gasteiger partial charge on any atom is 0.139 e. The first-order chi connectivity index (χ1) is 5.68. The van der Waals surface area contributed by atoms with E-state index in [-0.39, 0.29) is 6.61 Å². The van der Waals surface area contributed by atoms with Crippen LogP contribution in [0.5, 0.6) is 5.75 Å². The van der Waals surface area contributed by atoms with Crippen LogP contribution in [0.15, 0.2) is 18.5 Å². The molecule has 1 aromatic rings. The van der Waals surface area contributed by atoms with Gasteiger partial charge in [0.2, 0.25) is 0 Å². The molecular formula is C7H7ClN2OS. The van der Waals surface area contributed by atoms with Gasteiger partial charge < -0.3 is 10.5 Å². The van der Waals surface area contributed by atoms with Crippen molar-refractivity contribution >= 4 is 28.8 Å². The maximum atomic E-state index is 5.65. The summed E-state index contributed by atoms with van der Waals surface area (Å²) < 4.78 is 5.14. The number of halogens is 1. The van der Waals surface area contributed by atoms with Gasteiger partial charge in [-0.15, -0.1) is 0 Å². The number of nitrogens with two attached hydrogens (primary N) is 1. The van der Waals surface area contributed by atoms with Gasteiger partial charge in [0, 0.05) is 12.3 Å². The molecule has 5 heteroatoms. The Balaban J connectivity index is 2.57. The van der Waals surface area contributed by atoms with E-state index < -0.39 is 0 Å². The van der Waals surface area contributed by atoms with Crippen LogP contribution in [0, 0.1) is 0 Å². The molecule has 3 nitrogen and oxygen atoms in total. The quantitative estimate of drug-likeness (QED) is 0.753. The minimum atomic E-state index is 0.206. The molecule has 0 unspecified atom stereocenters. The van der Waals surface area contributed by atoms with E-state index >= 15 is 0 Å². The molecule has 0 radical (unpaired) electrons. The summed E-state index contributed by atoms with van der Waals surface area (Å²) in [6, 6.07) is 1.65. The Kier molecular flexibility index (Phi) is 3.25. The fourth-order valence-electron chi connectivity index (χ4n) is 0.626. The normalized spacial score (nSPS) is 9.42. The summed E-state index contributed by atoms with van der Waals surface area (Å²) >= 11 is 10.3. The second kappa shape index (κ2) is 4.23. The summed E-state index contributed by atoms with van der Waals surface area (Å²) in [4.78, 5) is 4.12. The summed E-state index contributed by atoms with van der Waals surface area (Å²) in [6.45, 7) is 0.206. The van der Waals surface area contributed by atoms with Gasteiger partial charge in [0.15, 0.2) is 0 Å². The number of aromatic nitrogens is 1. The minimum Gasteiger partial charge on any atom is -0.485 e. The van der Waals surface area contributed by atoms with Gasteiger partial charge in [-0.3, -0.25) is 4.98 Å². The molecule has 0 aromatic carbocycles. The van der Waals surface area contributed by atoms with Gasteiger partial charge in [-0.25, -0.2) is 0 Å². The van der Waals surface area contributed by atoms with Gasteiger partial charge >= 0.3 is 0 Å². The smallest absolute Gasteiger partial charge is 0.139 e. The number of hydrogen-bond acceptors (Lipinski definition) is 3. The van der Waals surface area contributed by atoms with Crippen molar-refractivity contribution in [3.8, 4) is 5.75 Å². The zero-order valence-corrected chi connectivity index (χ0v) is 7.73. The zero-order chi connectivity index (χ0) is 8.97. The minimum absolute atomic E-state index is 0.206. The number of rotatable bonds is 3. The van der Waals surface area contributed by atoms with Crippen LogP contribution in [0.4, 0.5) is 0 Å². The molecule has 1 aromatic heterocycles. The van der Waals surface area contributed by atoms with Gasteiger partial charge in [-0.05, 0) is 0 Å². The van der Waals surface area contributed by atoms with Gasteiger partial charge in [0.05, 0.1) is 11.2 Å². The molecule has 0 aliphatic carbocycles. The van der Waals surface area contributed by atoms with Crippen LogP contribution in [0.25, 0.3) is 0 Å². The van der Waals surface area contributed by atoms with E-state index in [2.05, 4.69) is 17.2 Å². The molecule has 1 rings (SSSR count). The number of hydrogen-bond donors (Lipinski definition) is 1. The first-order valence-corrected chi connectivity index (χ1v) is 3.99. The maximum absolute atomic E-state index is 5.65. The third kappa shape index (κ3) is 3.02. The Hall–Kier alpha value is -0.870. The highest BCUT2D eigenvalue weighted by Gasteiger charge is 1.95. The summed E-state index contributed by atoms with van der Waals surface area (Å²) in [7, 11) is 0. The van der Waals surface area contributed by atoms with Gasteiger partial charge in [-0.1, -0.05) is 23.8 Å². The molecule has 0 aliphatic rings. The van der Waals surface area contributed by atoms with Crippen molar-refractivity contribution in [1.82, 2.24) is 4.98 Å². The molecule has 0 saturated carbocycles. The predicted molar refractivity (Wildman–Crippen MR) is 51.5 cm³/mol. The molecule has 0 atom stereocenters. The van der Waals surface area contributed by atoms with Crippen LogP contribution in [0.1, 0.15) is 0 Å². The number of pyridine rings is 1. The molecule has 2 N–H and O–H groups in total. The highest BCUT2D eigenvalue weighted by atomic mass is 35.5. The van der Waals surface area contributed by atoms with E-state index in [0.717, 1.165) is 0 Å². The van der Waals surface area contributed by atoms with E-state index in [1.807, 2.05) is 0 Å². The molecular weight excluding hydrogens is 196 g/mol. The topological polar surface area (TPSA) is 48.1 Å². The van der Waals surface area contributed by atoms with Gasteiger partial charge in [0.1, 0.15) is 17.3 Å². The Morgan fingerprint density at radius 1 is 1.67 bits per heavy atom. The van der Waals surface area contributed by atoms with Crippen molar-refractivity contribution < 1.29 is 4.74 Å². The highest BCUT2D eigenvalue weighted by Crippen LogP contribution is 2.14. The lowest BCUT2D eigenvalue weighted by Crippen LogP contribution is -2.17. The summed E-state index contributed by atoms with van der Waals surface area (Å²) in [5, 5.41) is 0.524. The lowest BCUT2D eigenvalue weighted by Gasteiger charge is -2.03.